The van der Waals surface area contributed by atoms with Crippen LogP contribution < -0.4 is 0 Å². The van der Waals surface area contributed by atoms with Gasteiger partial charge in [-0.05, 0) is 36.5 Å². The molecule has 0 amide bonds. The van der Waals surface area contributed by atoms with Gasteiger partial charge in [-0.15, -0.1) is 0 Å². The Kier molecular flexibility index (Phi) is 5.40. The minimum absolute atomic E-state index is 0.0642. The van der Waals surface area contributed by atoms with E-state index in [0.29, 0.717) is 18.9 Å². The van der Waals surface area contributed by atoms with Gasteiger partial charge in [0.2, 0.25) is 10.0 Å². The van der Waals surface area contributed by atoms with Crippen molar-refractivity contribution in [3.05, 3.63) is 35.4 Å². The molecular formula is C16H21NO3S. The minimum atomic E-state index is -3.15. The second-order valence-corrected chi connectivity index (χ2v) is 7.57. The standard InChI is InChI=1S/C16H21NO3S/c1-17(21(19,20)13-16-9-10-16)12-15-7-5-14(6-8-15)4-2-3-11-18/h5-8,16,18H,3,9-13H2,1H3. The van der Waals surface area contributed by atoms with Crippen LogP contribution in [-0.4, -0.2) is 37.2 Å². The molecule has 0 radical (unpaired) electrons. The van der Waals surface area contributed by atoms with Crippen molar-refractivity contribution in [1.29, 1.82) is 0 Å². The highest BCUT2D eigenvalue weighted by molar-refractivity contribution is 7.89. The van der Waals surface area contributed by atoms with E-state index in [4.69, 9.17) is 5.11 Å². The normalized spacial score (nSPS) is 14.8. The van der Waals surface area contributed by atoms with Gasteiger partial charge < -0.3 is 5.11 Å². The Hall–Kier alpha value is -1.35. The van der Waals surface area contributed by atoms with Crippen LogP contribution in [-0.2, 0) is 16.6 Å². The largest absolute Gasteiger partial charge is 0.395 e. The number of hydrogen-bond donors (Lipinski definition) is 1. The first-order chi connectivity index (χ1) is 10.0. The lowest BCUT2D eigenvalue weighted by atomic mass is 10.1. The molecule has 1 aliphatic carbocycles. The van der Waals surface area contributed by atoms with Crippen LogP contribution in [0.2, 0.25) is 0 Å². The van der Waals surface area contributed by atoms with E-state index in [1.807, 2.05) is 24.3 Å². The molecule has 1 N–H and O–H groups in total. The van der Waals surface area contributed by atoms with E-state index in [-0.39, 0.29) is 12.4 Å². The van der Waals surface area contributed by atoms with Gasteiger partial charge in [-0.3, -0.25) is 0 Å². The molecular weight excluding hydrogens is 286 g/mol. The summed E-state index contributed by atoms with van der Waals surface area (Å²) in [5.74, 6) is 6.44. The van der Waals surface area contributed by atoms with Crippen molar-refractivity contribution < 1.29 is 13.5 Å². The van der Waals surface area contributed by atoms with Gasteiger partial charge in [0.25, 0.3) is 0 Å². The number of hydrogen-bond acceptors (Lipinski definition) is 3. The Bertz CT molecular complexity index is 622. The molecule has 0 heterocycles. The lowest BCUT2D eigenvalue weighted by Crippen LogP contribution is -2.29. The highest BCUT2D eigenvalue weighted by Crippen LogP contribution is 2.31. The molecule has 114 valence electrons. The lowest BCUT2D eigenvalue weighted by molar-refractivity contribution is 0.305. The van der Waals surface area contributed by atoms with Gasteiger partial charge in [-0.2, -0.15) is 0 Å². The summed E-state index contributed by atoms with van der Waals surface area (Å²) in [4.78, 5) is 0. The summed E-state index contributed by atoms with van der Waals surface area (Å²) in [5.41, 5.74) is 1.82. The van der Waals surface area contributed by atoms with Crippen molar-refractivity contribution in [2.45, 2.75) is 25.8 Å². The van der Waals surface area contributed by atoms with Crippen molar-refractivity contribution in [3.8, 4) is 11.8 Å². The first kappa shape index (κ1) is 16.0. The number of aliphatic hydroxyl groups excluding tert-OH is 1. The van der Waals surface area contributed by atoms with Crippen LogP contribution in [0.25, 0.3) is 0 Å². The van der Waals surface area contributed by atoms with E-state index in [1.165, 1.54) is 4.31 Å². The van der Waals surface area contributed by atoms with Gasteiger partial charge in [0, 0.05) is 25.6 Å². The molecule has 2 rings (SSSR count). The zero-order valence-corrected chi connectivity index (χ0v) is 13.1. The minimum Gasteiger partial charge on any atom is -0.395 e. The average Bonchev–Trinajstić information content (AvgIpc) is 3.24. The molecule has 21 heavy (non-hydrogen) atoms. The highest BCUT2D eigenvalue weighted by Gasteiger charge is 2.30. The van der Waals surface area contributed by atoms with Gasteiger partial charge >= 0.3 is 0 Å². The second kappa shape index (κ2) is 7.08. The molecule has 0 spiro atoms. The Morgan fingerprint density at radius 1 is 1.29 bits per heavy atom. The van der Waals surface area contributed by atoms with Gasteiger partial charge in [0.05, 0.1) is 12.4 Å². The first-order valence-electron chi connectivity index (χ1n) is 7.14. The van der Waals surface area contributed by atoms with Gasteiger partial charge in [-0.25, -0.2) is 12.7 Å². The SMILES string of the molecule is CN(Cc1ccc(C#CCCO)cc1)S(=O)(=O)CC1CC1. The summed E-state index contributed by atoms with van der Waals surface area (Å²) in [6.07, 6.45) is 2.53. The van der Waals surface area contributed by atoms with E-state index in [2.05, 4.69) is 11.8 Å². The summed E-state index contributed by atoms with van der Waals surface area (Å²) in [6.45, 7) is 0.453. The van der Waals surface area contributed by atoms with Crippen LogP contribution in [0, 0.1) is 17.8 Å². The van der Waals surface area contributed by atoms with Crippen molar-refractivity contribution in [2.24, 2.45) is 5.92 Å². The molecule has 0 bridgehead atoms. The first-order valence-corrected chi connectivity index (χ1v) is 8.75. The molecule has 5 heteroatoms. The third kappa shape index (κ3) is 5.16. The van der Waals surface area contributed by atoms with Crippen LogP contribution in [0.15, 0.2) is 24.3 Å². The molecule has 0 atom stereocenters. The highest BCUT2D eigenvalue weighted by atomic mass is 32.2. The van der Waals surface area contributed by atoms with Crippen molar-refractivity contribution in [3.63, 3.8) is 0 Å². The summed E-state index contributed by atoms with van der Waals surface area (Å²) >= 11 is 0. The zero-order chi connectivity index (χ0) is 15.3. The zero-order valence-electron chi connectivity index (χ0n) is 12.2. The number of benzene rings is 1. The maximum absolute atomic E-state index is 12.1. The Morgan fingerprint density at radius 3 is 2.52 bits per heavy atom. The Morgan fingerprint density at radius 2 is 1.95 bits per heavy atom. The quantitative estimate of drug-likeness (QED) is 0.812. The second-order valence-electron chi connectivity index (χ2n) is 5.45. The monoisotopic (exact) mass is 307 g/mol. The molecule has 1 aromatic carbocycles. The van der Waals surface area contributed by atoms with E-state index >= 15 is 0 Å². The number of sulfonamides is 1. The Balaban J connectivity index is 1.95. The van der Waals surface area contributed by atoms with Gasteiger partial charge in [-0.1, -0.05) is 24.0 Å². The molecule has 0 aliphatic heterocycles. The maximum Gasteiger partial charge on any atom is 0.214 e. The summed E-state index contributed by atoms with van der Waals surface area (Å²) in [7, 11) is -1.51. The van der Waals surface area contributed by atoms with Crippen molar-refractivity contribution >= 4 is 10.0 Å². The molecule has 1 aliphatic rings. The molecule has 1 saturated carbocycles. The summed E-state index contributed by atoms with van der Waals surface area (Å²) in [6, 6.07) is 7.54. The van der Waals surface area contributed by atoms with E-state index in [1.54, 1.807) is 7.05 Å². The van der Waals surface area contributed by atoms with Crippen molar-refractivity contribution in [2.75, 3.05) is 19.4 Å². The molecule has 1 aromatic rings. The molecule has 1 fully saturated rings. The fourth-order valence-electron chi connectivity index (χ4n) is 1.98. The number of nitrogens with zero attached hydrogens (tertiary/aromatic N) is 1. The third-order valence-electron chi connectivity index (χ3n) is 3.45. The van der Waals surface area contributed by atoms with E-state index < -0.39 is 10.0 Å². The predicted molar refractivity (Wildman–Crippen MR) is 83.0 cm³/mol. The average molecular weight is 307 g/mol. The number of aliphatic hydroxyl groups is 1. The lowest BCUT2D eigenvalue weighted by Gasteiger charge is -2.17. The summed E-state index contributed by atoms with van der Waals surface area (Å²) in [5, 5.41) is 8.67. The van der Waals surface area contributed by atoms with Crippen LogP contribution >= 0.6 is 0 Å². The fourth-order valence-corrected chi connectivity index (χ4v) is 3.51. The fraction of sp³-hybridized carbons (Fsp3) is 0.500. The van der Waals surface area contributed by atoms with Crippen molar-refractivity contribution in [1.82, 2.24) is 4.31 Å². The maximum atomic E-state index is 12.1. The third-order valence-corrected chi connectivity index (χ3v) is 5.42. The van der Waals surface area contributed by atoms with E-state index in [9.17, 15) is 8.42 Å². The summed E-state index contributed by atoms with van der Waals surface area (Å²) < 4.78 is 25.6. The molecule has 0 saturated heterocycles. The molecule has 0 unspecified atom stereocenters. The predicted octanol–water partition coefficient (Wildman–Crippen LogP) is 1.59. The van der Waals surface area contributed by atoms with Crippen LogP contribution in [0.3, 0.4) is 0 Å². The van der Waals surface area contributed by atoms with Crippen LogP contribution in [0.5, 0.6) is 0 Å². The van der Waals surface area contributed by atoms with Crippen LogP contribution in [0.1, 0.15) is 30.4 Å². The smallest absolute Gasteiger partial charge is 0.214 e. The molecule has 0 aromatic heterocycles. The Labute approximate surface area is 126 Å². The number of rotatable bonds is 6. The van der Waals surface area contributed by atoms with E-state index in [0.717, 1.165) is 24.0 Å². The van der Waals surface area contributed by atoms with Crippen LogP contribution in [0.4, 0.5) is 0 Å². The molecule has 4 nitrogen and oxygen atoms in total. The topological polar surface area (TPSA) is 57.6 Å². The van der Waals surface area contributed by atoms with Gasteiger partial charge in [0.1, 0.15) is 0 Å². The van der Waals surface area contributed by atoms with Gasteiger partial charge in [0.15, 0.2) is 0 Å².